The van der Waals surface area contributed by atoms with Crippen molar-refractivity contribution in [1.29, 1.82) is 0 Å². The summed E-state index contributed by atoms with van der Waals surface area (Å²) in [6, 6.07) is 8.21. The number of fused-ring (bicyclic) bond motifs is 1. The standard InChI is InChI=1S/C19H22N6O2/c1-13-22-19-21-11-16(18(27)25(19)23-13)17(26)20-10-14-4-6-15(7-5-14)12-24-8-2-3-9-24/h4-7,11H,2-3,8-10,12H2,1H3,(H,20,26)(H,21,22,23). The number of carbonyl (C=O) groups is 1. The van der Waals surface area contributed by atoms with E-state index in [1.807, 2.05) is 12.1 Å². The maximum absolute atomic E-state index is 12.4. The fourth-order valence-corrected chi connectivity index (χ4v) is 3.36. The van der Waals surface area contributed by atoms with Crippen molar-refractivity contribution in [1.82, 2.24) is 29.8 Å². The molecule has 0 atom stereocenters. The number of nitrogens with one attached hydrogen (secondary N) is 2. The van der Waals surface area contributed by atoms with Crippen LogP contribution in [0.25, 0.3) is 5.78 Å². The Bertz CT molecular complexity index is 1010. The molecule has 1 fully saturated rings. The van der Waals surface area contributed by atoms with Gasteiger partial charge in [-0.05, 0) is 44.0 Å². The second-order valence-electron chi connectivity index (χ2n) is 6.90. The number of H-pyrrole nitrogens is 1. The van der Waals surface area contributed by atoms with Crippen molar-refractivity contribution in [2.45, 2.75) is 32.9 Å². The molecule has 0 aliphatic carbocycles. The molecule has 1 aliphatic rings. The number of likely N-dealkylation sites (tertiary alicyclic amines) is 1. The van der Waals surface area contributed by atoms with Gasteiger partial charge in [-0.3, -0.25) is 19.6 Å². The molecule has 0 radical (unpaired) electrons. The van der Waals surface area contributed by atoms with Crippen molar-refractivity contribution in [3.63, 3.8) is 0 Å². The molecule has 1 aromatic carbocycles. The Morgan fingerprint density at radius 3 is 2.63 bits per heavy atom. The normalized spacial score (nSPS) is 14.7. The van der Waals surface area contributed by atoms with Crippen LogP contribution in [0.15, 0.2) is 35.3 Å². The Morgan fingerprint density at radius 1 is 1.19 bits per heavy atom. The molecule has 0 saturated carbocycles. The number of aromatic amines is 1. The summed E-state index contributed by atoms with van der Waals surface area (Å²) in [5.74, 6) is 0.365. The molecule has 1 aliphatic heterocycles. The highest BCUT2D eigenvalue weighted by atomic mass is 16.2. The van der Waals surface area contributed by atoms with E-state index in [0.717, 1.165) is 12.1 Å². The molecule has 3 heterocycles. The molecule has 2 N–H and O–H groups in total. The highest BCUT2D eigenvalue weighted by Crippen LogP contribution is 2.13. The topological polar surface area (TPSA) is 95.4 Å². The van der Waals surface area contributed by atoms with Gasteiger partial charge in [0.1, 0.15) is 11.4 Å². The third-order valence-corrected chi connectivity index (χ3v) is 4.81. The lowest BCUT2D eigenvalue weighted by atomic mass is 10.1. The van der Waals surface area contributed by atoms with Gasteiger partial charge in [-0.1, -0.05) is 24.3 Å². The minimum Gasteiger partial charge on any atom is -0.348 e. The van der Waals surface area contributed by atoms with E-state index in [2.05, 4.69) is 37.4 Å². The first-order valence-corrected chi connectivity index (χ1v) is 9.13. The van der Waals surface area contributed by atoms with E-state index in [-0.39, 0.29) is 11.3 Å². The van der Waals surface area contributed by atoms with Gasteiger partial charge in [0.05, 0.1) is 0 Å². The molecule has 8 heteroatoms. The van der Waals surface area contributed by atoms with Crippen LogP contribution in [0, 0.1) is 6.92 Å². The number of amides is 1. The van der Waals surface area contributed by atoms with Crippen LogP contribution >= 0.6 is 0 Å². The van der Waals surface area contributed by atoms with Crippen molar-refractivity contribution in [2.75, 3.05) is 13.1 Å². The Kier molecular flexibility index (Phi) is 4.72. The number of carbonyl (C=O) groups excluding carboxylic acids is 1. The van der Waals surface area contributed by atoms with Crippen molar-refractivity contribution < 1.29 is 4.79 Å². The highest BCUT2D eigenvalue weighted by Gasteiger charge is 2.15. The maximum atomic E-state index is 12.4. The fraction of sp³-hybridized carbons (Fsp3) is 0.368. The van der Waals surface area contributed by atoms with Gasteiger partial charge in [-0.2, -0.15) is 9.50 Å². The molecule has 1 amide bonds. The molecule has 0 spiro atoms. The van der Waals surface area contributed by atoms with E-state index >= 15 is 0 Å². The number of hydrogen-bond acceptors (Lipinski definition) is 5. The van der Waals surface area contributed by atoms with Gasteiger partial charge in [-0.15, -0.1) is 0 Å². The van der Waals surface area contributed by atoms with Crippen LogP contribution < -0.4 is 10.9 Å². The van der Waals surface area contributed by atoms with Gasteiger partial charge >= 0.3 is 0 Å². The summed E-state index contributed by atoms with van der Waals surface area (Å²) in [6.45, 7) is 5.39. The largest absolute Gasteiger partial charge is 0.348 e. The van der Waals surface area contributed by atoms with Crippen LogP contribution in [-0.4, -0.2) is 43.5 Å². The summed E-state index contributed by atoms with van der Waals surface area (Å²) in [5, 5.41) is 5.56. The molecule has 0 bridgehead atoms. The zero-order chi connectivity index (χ0) is 18.8. The molecule has 8 nitrogen and oxygen atoms in total. The van der Waals surface area contributed by atoms with Crippen LogP contribution in [0.1, 0.15) is 40.2 Å². The van der Waals surface area contributed by atoms with E-state index in [4.69, 9.17) is 0 Å². The molecule has 27 heavy (non-hydrogen) atoms. The third-order valence-electron chi connectivity index (χ3n) is 4.81. The molecular formula is C19H22N6O2. The van der Waals surface area contributed by atoms with Gasteiger partial charge in [0.15, 0.2) is 0 Å². The Balaban J connectivity index is 1.40. The van der Waals surface area contributed by atoms with Crippen LogP contribution in [0.2, 0.25) is 0 Å². The van der Waals surface area contributed by atoms with Crippen molar-refractivity contribution in [3.8, 4) is 0 Å². The monoisotopic (exact) mass is 366 g/mol. The molecule has 140 valence electrons. The lowest BCUT2D eigenvalue weighted by Crippen LogP contribution is -2.31. The Labute approximate surface area is 156 Å². The number of aryl methyl sites for hydroxylation is 1. The molecule has 0 unspecified atom stereocenters. The van der Waals surface area contributed by atoms with E-state index in [1.165, 1.54) is 42.2 Å². The first-order valence-electron chi connectivity index (χ1n) is 9.13. The van der Waals surface area contributed by atoms with Gasteiger partial charge in [-0.25, -0.2) is 4.98 Å². The predicted octanol–water partition coefficient (Wildman–Crippen LogP) is 1.25. The second kappa shape index (κ2) is 7.32. The number of rotatable bonds is 5. The zero-order valence-electron chi connectivity index (χ0n) is 15.2. The average Bonchev–Trinajstić information content (AvgIpc) is 3.30. The lowest BCUT2D eigenvalue weighted by Gasteiger charge is -2.14. The summed E-state index contributed by atoms with van der Waals surface area (Å²) in [7, 11) is 0. The SMILES string of the molecule is Cc1nc2ncc(C(=O)NCc3ccc(CN4CCCC4)cc3)c(=O)n2[nH]1. The predicted molar refractivity (Wildman–Crippen MR) is 100 cm³/mol. The van der Waals surface area contributed by atoms with Gasteiger partial charge in [0.2, 0.25) is 0 Å². The molecule has 2 aromatic heterocycles. The van der Waals surface area contributed by atoms with Crippen molar-refractivity contribution >= 4 is 11.7 Å². The smallest absolute Gasteiger partial charge is 0.286 e. The van der Waals surface area contributed by atoms with E-state index < -0.39 is 11.5 Å². The van der Waals surface area contributed by atoms with Crippen LogP contribution in [0.3, 0.4) is 0 Å². The number of hydrogen-bond donors (Lipinski definition) is 2. The van der Waals surface area contributed by atoms with Crippen LogP contribution in [-0.2, 0) is 13.1 Å². The minimum absolute atomic E-state index is 0.0122. The summed E-state index contributed by atoms with van der Waals surface area (Å²) in [5.41, 5.74) is 1.79. The summed E-state index contributed by atoms with van der Waals surface area (Å²) in [6.07, 6.45) is 3.83. The number of aromatic nitrogens is 4. The van der Waals surface area contributed by atoms with Crippen molar-refractivity contribution in [2.24, 2.45) is 0 Å². The van der Waals surface area contributed by atoms with E-state index in [0.29, 0.717) is 12.4 Å². The highest BCUT2D eigenvalue weighted by molar-refractivity contribution is 5.93. The van der Waals surface area contributed by atoms with E-state index in [9.17, 15) is 9.59 Å². The summed E-state index contributed by atoms with van der Waals surface area (Å²) >= 11 is 0. The first-order chi connectivity index (χ1) is 13.1. The van der Waals surface area contributed by atoms with Gasteiger partial charge in [0, 0.05) is 19.3 Å². The van der Waals surface area contributed by atoms with Gasteiger partial charge < -0.3 is 5.32 Å². The third kappa shape index (κ3) is 3.75. The quantitative estimate of drug-likeness (QED) is 0.709. The lowest BCUT2D eigenvalue weighted by molar-refractivity contribution is 0.0948. The summed E-state index contributed by atoms with van der Waals surface area (Å²) in [4.78, 5) is 35.3. The van der Waals surface area contributed by atoms with Crippen LogP contribution in [0.5, 0.6) is 0 Å². The van der Waals surface area contributed by atoms with Crippen molar-refractivity contribution in [3.05, 3.63) is 63.3 Å². The molecule has 3 aromatic rings. The second-order valence-corrected chi connectivity index (χ2v) is 6.90. The van der Waals surface area contributed by atoms with Gasteiger partial charge in [0.25, 0.3) is 17.2 Å². The van der Waals surface area contributed by atoms with E-state index in [1.54, 1.807) is 6.92 Å². The molecule has 4 rings (SSSR count). The summed E-state index contributed by atoms with van der Waals surface area (Å²) < 4.78 is 1.18. The first kappa shape index (κ1) is 17.4. The van der Waals surface area contributed by atoms with Crippen LogP contribution in [0.4, 0.5) is 0 Å². The average molecular weight is 366 g/mol. The number of benzene rings is 1. The Morgan fingerprint density at radius 2 is 1.89 bits per heavy atom. The maximum Gasteiger partial charge on any atom is 0.286 e. The Hall–Kier alpha value is -3.00. The fourth-order valence-electron chi connectivity index (χ4n) is 3.36. The molecule has 1 saturated heterocycles. The zero-order valence-corrected chi connectivity index (χ0v) is 15.2. The molecular weight excluding hydrogens is 344 g/mol. The minimum atomic E-state index is -0.459. The number of nitrogens with zero attached hydrogens (tertiary/aromatic N) is 4.